The van der Waals surface area contributed by atoms with E-state index in [0.29, 0.717) is 0 Å². The number of hydrogen-bond acceptors (Lipinski definition) is 21. The van der Waals surface area contributed by atoms with Gasteiger partial charge in [-0.15, -0.1) is 10.2 Å². The summed E-state index contributed by atoms with van der Waals surface area (Å²) in [5.74, 6) is -0.628. The maximum atomic E-state index is 13.0. The number of fused-ring (bicyclic) bond motifs is 4. The molecule has 0 saturated heterocycles. The minimum Gasteiger partial charge on any atom is -0.325 e. The van der Waals surface area contributed by atoms with Crippen molar-refractivity contribution in [3.63, 3.8) is 0 Å². The number of hydrogen-bond donors (Lipinski definition) is 9. The Labute approximate surface area is 432 Å². The van der Waals surface area contributed by atoms with Crippen molar-refractivity contribution in [3.05, 3.63) is 132 Å². The molecule has 0 spiro atoms. The number of nitrogens with one attached hydrogen (secondary N) is 3. The van der Waals surface area contributed by atoms with Gasteiger partial charge in [0.2, 0.25) is 11.9 Å². The van der Waals surface area contributed by atoms with Gasteiger partial charge in [-0.3, -0.25) is 32.3 Å². The Bertz CT molecular complexity index is 4600. The number of azo groups is 2. The fourth-order valence-electron chi connectivity index (χ4n) is 7.93. The van der Waals surface area contributed by atoms with Crippen molar-refractivity contribution in [3.8, 4) is 0 Å². The Morgan fingerprint density at radius 2 is 0.740 bits per heavy atom. The molecule has 0 aliphatic heterocycles. The van der Waals surface area contributed by atoms with Crippen LogP contribution >= 0.6 is 0 Å². The number of anilines is 4. The molecule has 0 atom stereocenters. The molecule has 9 rings (SSSR count). The Morgan fingerprint density at radius 3 is 1.09 bits per heavy atom. The molecule has 0 amide bonds. The lowest BCUT2D eigenvalue weighted by atomic mass is 10.1. The third-order valence-electron chi connectivity index (χ3n) is 11.1. The zero-order valence-electron chi connectivity index (χ0n) is 37.7. The largest absolute Gasteiger partial charge is 0.373 e. The van der Waals surface area contributed by atoms with E-state index < -0.39 is 95.8 Å². The second kappa shape index (κ2) is 19.2. The van der Waals surface area contributed by atoms with Gasteiger partial charge >= 0.3 is 5.69 Å². The molecule has 0 bridgehead atoms. The first-order chi connectivity index (χ1) is 35.8. The van der Waals surface area contributed by atoms with Crippen LogP contribution in [-0.2, 0) is 60.7 Å². The third-order valence-corrected chi connectivity index (χ3v) is 16.5. The number of nitrogens with zero attached hydrogens (tertiary/aromatic N) is 6. The summed E-state index contributed by atoms with van der Waals surface area (Å²) in [6.07, 6.45) is 0. The lowest BCUT2D eigenvalue weighted by molar-refractivity contribution is 0.481. The third kappa shape index (κ3) is 11.2. The lowest BCUT2D eigenvalue weighted by Crippen LogP contribution is -2.16. The zero-order valence-corrected chi connectivity index (χ0v) is 42.6. The molecule has 0 unspecified atom stereocenters. The van der Waals surface area contributed by atoms with Gasteiger partial charge in [0, 0.05) is 54.5 Å². The number of aromatic nitrogens is 3. The molecule has 0 saturated carbocycles. The smallest absolute Gasteiger partial charge is 0.325 e. The van der Waals surface area contributed by atoms with E-state index in [4.69, 9.17) is 0 Å². The summed E-state index contributed by atoms with van der Waals surface area (Å²) >= 11 is 0. The van der Waals surface area contributed by atoms with Crippen molar-refractivity contribution in [2.75, 3.05) is 10.6 Å². The van der Waals surface area contributed by atoms with E-state index >= 15 is 0 Å². The Kier molecular flexibility index (Phi) is 13.4. The van der Waals surface area contributed by atoms with E-state index in [1.54, 1.807) is 0 Å². The monoisotopic (exact) mass is 1170 g/mol. The molecular formula is C43H29N9O19S6. The van der Waals surface area contributed by atoms with E-state index in [-0.39, 0.29) is 89.1 Å². The second-order valence-corrected chi connectivity index (χ2v) is 24.5. The Morgan fingerprint density at radius 1 is 0.364 bits per heavy atom. The van der Waals surface area contributed by atoms with Crippen molar-refractivity contribution in [1.29, 1.82) is 0 Å². The summed E-state index contributed by atoms with van der Waals surface area (Å²) in [5.41, 5.74) is -1.98. The first-order valence-corrected chi connectivity index (χ1v) is 29.4. The van der Waals surface area contributed by atoms with Crippen LogP contribution in [0.5, 0.6) is 0 Å². The summed E-state index contributed by atoms with van der Waals surface area (Å²) < 4.78 is 207. The van der Waals surface area contributed by atoms with Gasteiger partial charge < -0.3 is 10.6 Å². The van der Waals surface area contributed by atoms with Crippen LogP contribution < -0.4 is 16.3 Å². The SMILES string of the molecule is O=c1nc(Nc2ccc(/N=N/c3cc(S(=O)(=O)O)c4cccc(S(=O)(=O)O)c4c3)c3cc(S(=O)(=O)O)ccc23)[nH]c(Nc2ccc(/N=N/c3cc(S(=O)(=O)O)c4cccc(S(=O)(=O)O)c4c3)c3cc(S(=O)(=O)O)ccc23)n1. The molecule has 0 fully saturated rings. The Balaban J connectivity index is 1.09. The standard InChI is InChI=1S/C43H29N9O19S6/c53-43-47-41(44-33-11-13-35(29-19-23(72(54,55)56)7-9-25(29)33)51-49-21-15-31-27(39(17-21)76(66,67)68)3-1-5-37(31)74(60,61)62)46-42(48-43)45-34-12-14-36(30-20-24(73(57,58)59)8-10-26(30)34)52-50-22-16-32-28(40(18-22)77(69,70)71)4-2-6-38(32)75(63,64)65/h1-20H,(H,54,55,56)(H,57,58,59)(H,60,61,62)(H,63,64,65)(H,66,67,68)(H,69,70,71)(H3,44,45,46,47,48,53)/b51-49+,52-50+. The van der Waals surface area contributed by atoms with Gasteiger partial charge in [-0.25, -0.2) is 4.79 Å². The molecule has 77 heavy (non-hydrogen) atoms. The fraction of sp³-hybridized carbons (Fsp3) is 0. The van der Waals surface area contributed by atoms with Crippen molar-refractivity contribution in [2.24, 2.45) is 20.5 Å². The van der Waals surface area contributed by atoms with Crippen LogP contribution in [0.4, 0.5) is 46.0 Å². The van der Waals surface area contributed by atoms with Crippen LogP contribution in [0.25, 0.3) is 43.1 Å². The molecule has 9 N–H and O–H groups in total. The van der Waals surface area contributed by atoms with Crippen LogP contribution in [0.1, 0.15) is 0 Å². The average molecular weight is 1170 g/mol. The quantitative estimate of drug-likeness (QED) is 0.0374. The van der Waals surface area contributed by atoms with Crippen molar-refractivity contribution in [2.45, 2.75) is 29.4 Å². The summed E-state index contributed by atoms with van der Waals surface area (Å²) in [5, 5.41) is 20.7. The van der Waals surface area contributed by atoms with Crippen molar-refractivity contribution in [1.82, 2.24) is 15.0 Å². The topological polar surface area (TPSA) is 458 Å². The predicted molar refractivity (Wildman–Crippen MR) is 272 cm³/mol. The Hall–Kier alpha value is -8.13. The highest BCUT2D eigenvalue weighted by molar-refractivity contribution is 7.87. The molecule has 1 aromatic heterocycles. The van der Waals surface area contributed by atoms with Crippen LogP contribution in [0.15, 0.2) is 176 Å². The maximum Gasteiger partial charge on any atom is 0.373 e. The summed E-state index contributed by atoms with van der Waals surface area (Å²) in [6, 6.07) is 21.9. The molecule has 0 aliphatic rings. The molecule has 8 aromatic carbocycles. The molecule has 1 heterocycles. The van der Waals surface area contributed by atoms with E-state index in [2.05, 4.69) is 46.0 Å². The molecule has 34 heteroatoms. The highest BCUT2D eigenvalue weighted by Crippen LogP contribution is 2.40. The first kappa shape index (κ1) is 53.7. The lowest BCUT2D eigenvalue weighted by Gasteiger charge is -2.14. The normalized spacial score (nSPS) is 13.1. The fourth-order valence-corrected chi connectivity index (χ4v) is 11.8. The number of benzene rings is 8. The van der Waals surface area contributed by atoms with Gasteiger partial charge in [0.15, 0.2) is 0 Å². The van der Waals surface area contributed by atoms with Crippen molar-refractivity contribution < 1.29 is 77.8 Å². The zero-order chi connectivity index (χ0) is 55.8. The summed E-state index contributed by atoms with van der Waals surface area (Å²) in [6.45, 7) is 0. The van der Waals surface area contributed by atoms with Gasteiger partial charge in [-0.1, -0.05) is 36.4 Å². The summed E-state index contributed by atoms with van der Waals surface area (Å²) in [7, 11) is -29.8. The molecule has 28 nitrogen and oxygen atoms in total. The van der Waals surface area contributed by atoms with Crippen LogP contribution in [0.3, 0.4) is 0 Å². The second-order valence-electron chi connectivity index (χ2n) is 16.1. The number of aromatic amines is 1. The molecule has 9 aromatic rings. The molecule has 0 radical (unpaired) electrons. The van der Waals surface area contributed by atoms with E-state index in [9.17, 15) is 82.6 Å². The molecular weight excluding hydrogens is 1140 g/mol. The van der Waals surface area contributed by atoms with Gasteiger partial charge in [0.25, 0.3) is 60.7 Å². The van der Waals surface area contributed by atoms with E-state index in [0.717, 1.165) is 84.9 Å². The number of rotatable bonds is 14. The van der Waals surface area contributed by atoms with Gasteiger partial charge in [-0.05, 0) is 84.9 Å². The maximum absolute atomic E-state index is 13.0. The highest BCUT2D eigenvalue weighted by atomic mass is 32.2. The van der Waals surface area contributed by atoms with Gasteiger partial charge in [0.05, 0.1) is 32.5 Å². The molecule has 396 valence electrons. The molecule has 0 aliphatic carbocycles. The first-order valence-electron chi connectivity index (χ1n) is 20.8. The van der Waals surface area contributed by atoms with Crippen molar-refractivity contribution >= 4 is 150 Å². The van der Waals surface area contributed by atoms with Crippen LogP contribution in [0.2, 0.25) is 0 Å². The number of H-pyrrole nitrogens is 1. The minimum atomic E-state index is -5.05. The van der Waals surface area contributed by atoms with Crippen LogP contribution in [0, 0.1) is 0 Å². The van der Waals surface area contributed by atoms with E-state index in [1.165, 1.54) is 36.4 Å². The van der Waals surface area contributed by atoms with Gasteiger partial charge in [0.1, 0.15) is 19.6 Å². The minimum absolute atomic E-state index is 0.0617. The van der Waals surface area contributed by atoms with Gasteiger partial charge in [-0.2, -0.15) is 70.7 Å². The predicted octanol–water partition coefficient (Wildman–Crippen LogP) is 7.58. The van der Waals surface area contributed by atoms with E-state index in [1.807, 2.05) is 0 Å². The highest BCUT2D eigenvalue weighted by Gasteiger charge is 2.24. The summed E-state index contributed by atoms with van der Waals surface area (Å²) in [4.78, 5) is 19.1. The average Bonchev–Trinajstić information content (AvgIpc) is 3.33. The van der Waals surface area contributed by atoms with Crippen LogP contribution in [-0.4, -0.2) is 92.8 Å².